The maximum absolute atomic E-state index is 12.4. The number of para-hydroxylation sites is 1. The molecule has 2 aromatic rings. The highest BCUT2D eigenvalue weighted by molar-refractivity contribution is 6.00. The molecule has 0 fully saturated rings. The Balaban J connectivity index is 1.78. The highest BCUT2D eigenvalue weighted by Gasteiger charge is 2.38. The van der Waals surface area contributed by atoms with Gasteiger partial charge < -0.3 is 10.5 Å². The van der Waals surface area contributed by atoms with Crippen LogP contribution in [-0.4, -0.2) is 18.0 Å². The number of primary amides is 1. The third-order valence-corrected chi connectivity index (χ3v) is 3.71. The molecule has 5 nitrogen and oxygen atoms in total. The first-order chi connectivity index (χ1) is 10.7. The zero-order valence-electron chi connectivity index (χ0n) is 11.9. The van der Waals surface area contributed by atoms with Crippen molar-refractivity contribution in [2.75, 3.05) is 4.90 Å². The minimum Gasteiger partial charge on any atom is -0.444 e. The van der Waals surface area contributed by atoms with Gasteiger partial charge in [0.2, 0.25) is 5.91 Å². The van der Waals surface area contributed by atoms with E-state index in [0.717, 1.165) is 11.1 Å². The molecule has 0 aromatic heterocycles. The van der Waals surface area contributed by atoms with Crippen LogP contribution in [0, 0.1) is 0 Å². The highest BCUT2D eigenvalue weighted by Crippen LogP contribution is 2.32. The fourth-order valence-electron chi connectivity index (χ4n) is 2.63. The topological polar surface area (TPSA) is 72.6 Å². The molecule has 3 rings (SSSR count). The lowest BCUT2D eigenvalue weighted by molar-refractivity contribution is -0.119. The second kappa shape index (κ2) is 5.89. The highest BCUT2D eigenvalue weighted by atomic mass is 16.6. The summed E-state index contributed by atoms with van der Waals surface area (Å²) in [5.41, 5.74) is 7.92. The van der Waals surface area contributed by atoms with E-state index in [9.17, 15) is 9.59 Å². The normalized spacial score (nSPS) is 16.2. The summed E-state index contributed by atoms with van der Waals surface area (Å²) in [6.45, 7) is 0.157. The van der Waals surface area contributed by atoms with Crippen molar-refractivity contribution in [3.8, 4) is 0 Å². The van der Waals surface area contributed by atoms with E-state index in [1.807, 2.05) is 48.5 Å². The summed E-state index contributed by atoms with van der Waals surface area (Å²) in [4.78, 5) is 25.4. The Labute approximate surface area is 128 Å². The van der Waals surface area contributed by atoms with Gasteiger partial charge >= 0.3 is 6.09 Å². The van der Waals surface area contributed by atoms with Crippen LogP contribution < -0.4 is 10.6 Å². The quantitative estimate of drug-likeness (QED) is 0.944. The Morgan fingerprint density at radius 1 is 1.09 bits per heavy atom. The smallest absolute Gasteiger partial charge is 0.415 e. The Bertz CT molecular complexity index is 700. The fraction of sp³-hybridized carbons (Fsp3) is 0.176. The van der Waals surface area contributed by atoms with Crippen LogP contribution >= 0.6 is 0 Å². The molecule has 112 valence electrons. The molecule has 0 spiro atoms. The van der Waals surface area contributed by atoms with Crippen LogP contribution in [0.5, 0.6) is 0 Å². The number of ether oxygens (including phenoxy) is 1. The molecule has 22 heavy (non-hydrogen) atoms. The van der Waals surface area contributed by atoms with Gasteiger partial charge in [-0.1, -0.05) is 48.5 Å². The van der Waals surface area contributed by atoms with Crippen LogP contribution in [0.4, 0.5) is 10.5 Å². The summed E-state index contributed by atoms with van der Waals surface area (Å²) in [5.74, 6) is -0.534. The maximum atomic E-state index is 12.4. The lowest BCUT2D eigenvalue weighted by Crippen LogP contribution is -2.46. The number of carbonyl (C=O) groups is 2. The molecule has 1 aliphatic heterocycles. The minimum absolute atomic E-state index is 0.157. The zero-order valence-corrected chi connectivity index (χ0v) is 11.9. The van der Waals surface area contributed by atoms with Gasteiger partial charge in [0.1, 0.15) is 12.6 Å². The number of hydrogen-bond donors (Lipinski definition) is 1. The molecule has 1 aliphatic rings. The molecule has 2 aromatic carbocycles. The average Bonchev–Trinajstić information content (AvgIpc) is 2.93. The first-order valence-electron chi connectivity index (χ1n) is 7.04. The minimum atomic E-state index is -0.694. The van der Waals surface area contributed by atoms with Crippen LogP contribution in [-0.2, 0) is 22.6 Å². The van der Waals surface area contributed by atoms with E-state index >= 15 is 0 Å². The monoisotopic (exact) mass is 296 g/mol. The molecular formula is C17H16N2O3. The molecule has 1 heterocycles. The van der Waals surface area contributed by atoms with E-state index in [-0.39, 0.29) is 6.61 Å². The van der Waals surface area contributed by atoms with E-state index in [1.54, 1.807) is 6.07 Å². The number of nitrogens with two attached hydrogens (primary N) is 1. The van der Waals surface area contributed by atoms with Crippen LogP contribution in [0.2, 0.25) is 0 Å². The van der Waals surface area contributed by atoms with Gasteiger partial charge in [-0.05, 0) is 17.2 Å². The van der Waals surface area contributed by atoms with E-state index in [2.05, 4.69) is 0 Å². The van der Waals surface area contributed by atoms with Gasteiger partial charge in [-0.3, -0.25) is 9.69 Å². The van der Waals surface area contributed by atoms with Gasteiger partial charge in [-0.15, -0.1) is 0 Å². The molecule has 5 heteroatoms. The number of hydrogen-bond acceptors (Lipinski definition) is 3. The summed E-state index contributed by atoms with van der Waals surface area (Å²) in [6, 6.07) is 16.1. The molecule has 0 bridgehead atoms. The lowest BCUT2D eigenvalue weighted by Gasteiger charge is -2.22. The summed E-state index contributed by atoms with van der Waals surface area (Å²) in [7, 11) is 0. The largest absolute Gasteiger partial charge is 0.444 e. The van der Waals surface area contributed by atoms with Crippen molar-refractivity contribution in [2.45, 2.75) is 19.1 Å². The van der Waals surface area contributed by atoms with Gasteiger partial charge in [-0.2, -0.15) is 0 Å². The number of fused-ring (bicyclic) bond motifs is 1. The van der Waals surface area contributed by atoms with Crippen molar-refractivity contribution in [1.82, 2.24) is 0 Å². The first-order valence-corrected chi connectivity index (χ1v) is 7.04. The molecule has 0 radical (unpaired) electrons. The summed E-state index contributed by atoms with van der Waals surface area (Å²) in [6.07, 6.45) is -0.135. The lowest BCUT2D eigenvalue weighted by atomic mass is 10.1. The van der Waals surface area contributed by atoms with Crippen LogP contribution in [0.25, 0.3) is 0 Å². The van der Waals surface area contributed by atoms with Crippen molar-refractivity contribution in [3.63, 3.8) is 0 Å². The van der Waals surface area contributed by atoms with Crippen LogP contribution in [0.1, 0.15) is 11.1 Å². The van der Waals surface area contributed by atoms with E-state index < -0.39 is 18.0 Å². The number of amides is 2. The van der Waals surface area contributed by atoms with Crippen LogP contribution in [0.3, 0.4) is 0 Å². The molecule has 0 saturated heterocycles. The maximum Gasteiger partial charge on any atom is 0.415 e. The fourth-order valence-corrected chi connectivity index (χ4v) is 2.63. The molecule has 0 unspecified atom stereocenters. The van der Waals surface area contributed by atoms with Crippen LogP contribution in [0.15, 0.2) is 54.6 Å². The number of anilines is 1. The van der Waals surface area contributed by atoms with Crippen molar-refractivity contribution in [3.05, 3.63) is 65.7 Å². The van der Waals surface area contributed by atoms with E-state index in [1.165, 1.54) is 4.90 Å². The molecule has 1 atom stereocenters. The standard InChI is InChI=1S/C17H16N2O3/c18-16(20)15-10-13-8-4-5-9-14(13)19(15)17(21)22-11-12-6-2-1-3-7-12/h1-9,15H,10-11H2,(H2,18,20)/t15-/m1/s1. The SMILES string of the molecule is NC(=O)[C@H]1Cc2ccccc2N1C(=O)OCc1ccccc1. The second-order valence-electron chi connectivity index (χ2n) is 5.16. The van der Waals surface area contributed by atoms with Crippen molar-refractivity contribution < 1.29 is 14.3 Å². The summed E-state index contributed by atoms with van der Waals surface area (Å²) < 4.78 is 5.33. The number of rotatable bonds is 3. The number of nitrogens with zero attached hydrogens (tertiary/aromatic N) is 1. The Kier molecular flexibility index (Phi) is 3.78. The van der Waals surface area contributed by atoms with Gasteiger partial charge in [0.25, 0.3) is 0 Å². The van der Waals surface area contributed by atoms with E-state index in [4.69, 9.17) is 10.5 Å². The summed E-state index contributed by atoms with van der Waals surface area (Å²) in [5, 5.41) is 0. The Hall–Kier alpha value is -2.82. The number of benzene rings is 2. The first kappa shape index (κ1) is 14.1. The molecule has 2 N–H and O–H groups in total. The van der Waals surface area contributed by atoms with Crippen molar-refractivity contribution in [1.29, 1.82) is 0 Å². The Morgan fingerprint density at radius 2 is 1.77 bits per heavy atom. The summed E-state index contributed by atoms with van der Waals surface area (Å²) >= 11 is 0. The molecular weight excluding hydrogens is 280 g/mol. The number of carbonyl (C=O) groups excluding carboxylic acids is 2. The van der Waals surface area contributed by atoms with Gasteiger partial charge in [0.15, 0.2) is 0 Å². The molecule has 0 aliphatic carbocycles. The van der Waals surface area contributed by atoms with Gasteiger partial charge in [0, 0.05) is 6.42 Å². The third-order valence-electron chi connectivity index (χ3n) is 3.71. The molecule has 0 saturated carbocycles. The van der Waals surface area contributed by atoms with Gasteiger partial charge in [-0.25, -0.2) is 4.79 Å². The molecule has 2 amide bonds. The third kappa shape index (κ3) is 2.65. The van der Waals surface area contributed by atoms with Gasteiger partial charge in [0.05, 0.1) is 5.69 Å². The van der Waals surface area contributed by atoms with E-state index in [0.29, 0.717) is 12.1 Å². The average molecular weight is 296 g/mol. The predicted octanol–water partition coefficient (Wildman–Crippen LogP) is 2.24. The van der Waals surface area contributed by atoms with Crippen molar-refractivity contribution in [2.24, 2.45) is 5.73 Å². The zero-order chi connectivity index (χ0) is 15.5. The predicted molar refractivity (Wildman–Crippen MR) is 82.2 cm³/mol. The Morgan fingerprint density at radius 3 is 2.50 bits per heavy atom. The second-order valence-corrected chi connectivity index (χ2v) is 5.16. The van der Waals surface area contributed by atoms with Crippen molar-refractivity contribution >= 4 is 17.7 Å².